The lowest BCUT2D eigenvalue weighted by atomic mass is 10.3. The molecule has 1 rings (SSSR count). The summed E-state index contributed by atoms with van der Waals surface area (Å²) in [6.07, 6.45) is 0.541. The van der Waals surface area contributed by atoms with Crippen LogP contribution in [0.4, 0.5) is 0 Å². The first-order chi connectivity index (χ1) is 4.88. The van der Waals surface area contributed by atoms with Gasteiger partial charge in [0.25, 0.3) is 0 Å². The van der Waals surface area contributed by atoms with Crippen molar-refractivity contribution in [2.45, 2.75) is 6.04 Å². The standard InChI is InChI=1S/C6H5NO2S/c8-4-5(7-9)6-2-1-3-10-6/h1-5H. The van der Waals surface area contributed by atoms with Gasteiger partial charge in [-0.1, -0.05) is 11.2 Å². The van der Waals surface area contributed by atoms with E-state index in [9.17, 15) is 9.70 Å². The molecule has 0 aliphatic carbocycles. The van der Waals surface area contributed by atoms with Gasteiger partial charge in [-0.2, -0.15) is 0 Å². The molecule has 0 bridgehead atoms. The van der Waals surface area contributed by atoms with Gasteiger partial charge >= 0.3 is 0 Å². The van der Waals surface area contributed by atoms with E-state index in [1.165, 1.54) is 11.3 Å². The highest BCUT2D eigenvalue weighted by atomic mass is 32.1. The van der Waals surface area contributed by atoms with Gasteiger partial charge in [0.05, 0.1) is 0 Å². The Hall–Kier alpha value is -1.03. The summed E-state index contributed by atoms with van der Waals surface area (Å²) in [5, 5.41) is 4.44. The molecule has 0 saturated heterocycles. The lowest BCUT2D eigenvalue weighted by Crippen LogP contribution is -1.90. The lowest BCUT2D eigenvalue weighted by molar-refractivity contribution is -0.108. The fraction of sp³-hybridized carbons (Fsp3) is 0.167. The predicted octanol–water partition coefficient (Wildman–Crippen LogP) is 1.75. The van der Waals surface area contributed by atoms with E-state index < -0.39 is 6.04 Å². The molecule has 1 heterocycles. The first kappa shape index (κ1) is 7.08. The number of aldehydes is 1. The van der Waals surface area contributed by atoms with Gasteiger partial charge < -0.3 is 4.79 Å². The van der Waals surface area contributed by atoms with Gasteiger partial charge in [-0.05, 0) is 11.4 Å². The van der Waals surface area contributed by atoms with Gasteiger partial charge in [0, 0.05) is 4.88 Å². The molecule has 0 aliphatic heterocycles. The molecular weight excluding hydrogens is 150 g/mol. The second kappa shape index (κ2) is 3.22. The first-order valence-corrected chi connectivity index (χ1v) is 3.57. The Balaban J connectivity index is 2.82. The van der Waals surface area contributed by atoms with Crippen LogP contribution >= 0.6 is 11.3 Å². The van der Waals surface area contributed by atoms with Gasteiger partial charge in [-0.15, -0.1) is 16.2 Å². The molecule has 0 spiro atoms. The summed E-state index contributed by atoms with van der Waals surface area (Å²) in [6, 6.07) is 2.69. The molecule has 0 aromatic carbocycles. The van der Waals surface area contributed by atoms with Crippen LogP contribution in [0.5, 0.6) is 0 Å². The van der Waals surface area contributed by atoms with Crippen LogP contribution in [0.2, 0.25) is 0 Å². The van der Waals surface area contributed by atoms with E-state index in [1.54, 1.807) is 17.5 Å². The highest BCUT2D eigenvalue weighted by molar-refractivity contribution is 7.10. The fourth-order valence-corrected chi connectivity index (χ4v) is 1.31. The maximum atomic E-state index is 10.1. The Labute approximate surface area is 61.7 Å². The summed E-state index contributed by atoms with van der Waals surface area (Å²) in [7, 11) is 0. The van der Waals surface area contributed by atoms with E-state index in [2.05, 4.69) is 5.18 Å². The third-order valence-corrected chi connectivity index (χ3v) is 2.02. The van der Waals surface area contributed by atoms with Crippen LogP contribution in [0.15, 0.2) is 22.7 Å². The molecule has 1 atom stereocenters. The average Bonchev–Trinajstić information content (AvgIpc) is 2.43. The van der Waals surface area contributed by atoms with Crippen LogP contribution in [0.3, 0.4) is 0 Å². The number of hydrogen-bond acceptors (Lipinski definition) is 4. The topological polar surface area (TPSA) is 46.5 Å². The second-order valence-electron chi connectivity index (χ2n) is 1.70. The summed E-state index contributed by atoms with van der Waals surface area (Å²) >= 11 is 1.36. The van der Waals surface area contributed by atoms with E-state index in [0.29, 0.717) is 11.2 Å². The minimum Gasteiger partial charge on any atom is -0.300 e. The fourth-order valence-electron chi connectivity index (χ4n) is 0.603. The molecule has 52 valence electrons. The van der Waals surface area contributed by atoms with Crippen molar-refractivity contribution in [3.05, 3.63) is 27.3 Å². The number of thiophene rings is 1. The third-order valence-electron chi connectivity index (χ3n) is 1.08. The van der Waals surface area contributed by atoms with E-state index in [0.717, 1.165) is 0 Å². The maximum Gasteiger partial charge on any atom is 0.181 e. The van der Waals surface area contributed by atoms with Crippen molar-refractivity contribution in [1.82, 2.24) is 0 Å². The van der Waals surface area contributed by atoms with Gasteiger partial charge in [-0.25, -0.2) is 0 Å². The molecular formula is C6H5NO2S. The minimum atomic E-state index is -0.806. The number of nitroso groups, excluding NO2 is 1. The monoisotopic (exact) mass is 155 g/mol. The Kier molecular flexibility index (Phi) is 2.28. The zero-order chi connectivity index (χ0) is 7.40. The van der Waals surface area contributed by atoms with E-state index in [1.807, 2.05) is 0 Å². The summed E-state index contributed by atoms with van der Waals surface area (Å²) in [4.78, 5) is 20.8. The molecule has 0 N–H and O–H groups in total. The van der Waals surface area contributed by atoms with Crippen molar-refractivity contribution < 1.29 is 4.79 Å². The van der Waals surface area contributed by atoms with Crippen LogP contribution in [-0.4, -0.2) is 6.29 Å². The van der Waals surface area contributed by atoms with Crippen molar-refractivity contribution in [3.8, 4) is 0 Å². The third kappa shape index (κ3) is 1.27. The highest BCUT2D eigenvalue weighted by Gasteiger charge is 2.09. The van der Waals surface area contributed by atoms with Crippen LogP contribution in [0.25, 0.3) is 0 Å². The molecule has 0 amide bonds. The number of rotatable bonds is 3. The van der Waals surface area contributed by atoms with Crippen molar-refractivity contribution in [1.29, 1.82) is 0 Å². The summed E-state index contributed by atoms with van der Waals surface area (Å²) < 4.78 is 0. The molecule has 0 aliphatic rings. The zero-order valence-electron chi connectivity index (χ0n) is 5.06. The van der Waals surface area contributed by atoms with Gasteiger partial charge in [0.2, 0.25) is 0 Å². The number of carbonyl (C=O) groups is 1. The number of nitrogens with zero attached hydrogens (tertiary/aromatic N) is 1. The Morgan fingerprint density at radius 1 is 1.70 bits per heavy atom. The van der Waals surface area contributed by atoms with Crippen LogP contribution in [-0.2, 0) is 4.79 Å². The maximum absolute atomic E-state index is 10.1. The van der Waals surface area contributed by atoms with Crippen molar-refractivity contribution in [2.75, 3.05) is 0 Å². The lowest BCUT2D eigenvalue weighted by Gasteiger charge is -1.92. The van der Waals surface area contributed by atoms with E-state index in [4.69, 9.17) is 0 Å². The number of hydrogen-bond donors (Lipinski definition) is 0. The van der Waals surface area contributed by atoms with Crippen LogP contribution in [0.1, 0.15) is 10.9 Å². The van der Waals surface area contributed by atoms with Crippen LogP contribution in [0, 0.1) is 4.91 Å². The molecule has 1 unspecified atom stereocenters. The smallest absolute Gasteiger partial charge is 0.181 e. The molecule has 0 saturated carbocycles. The van der Waals surface area contributed by atoms with E-state index in [-0.39, 0.29) is 0 Å². The number of carbonyl (C=O) groups excluding carboxylic acids is 1. The van der Waals surface area contributed by atoms with Gasteiger partial charge in [0.15, 0.2) is 12.3 Å². The molecule has 0 radical (unpaired) electrons. The SMILES string of the molecule is O=CC(N=O)c1cccs1. The van der Waals surface area contributed by atoms with Gasteiger partial charge in [-0.3, -0.25) is 0 Å². The van der Waals surface area contributed by atoms with Crippen LogP contribution < -0.4 is 0 Å². The highest BCUT2D eigenvalue weighted by Crippen LogP contribution is 2.19. The molecule has 1 aromatic heterocycles. The molecule has 10 heavy (non-hydrogen) atoms. The largest absolute Gasteiger partial charge is 0.300 e. The molecule has 3 nitrogen and oxygen atoms in total. The Morgan fingerprint density at radius 2 is 2.50 bits per heavy atom. The summed E-state index contributed by atoms with van der Waals surface area (Å²) in [5.74, 6) is 0. The molecule has 4 heteroatoms. The second-order valence-corrected chi connectivity index (χ2v) is 2.68. The Morgan fingerprint density at radius 3 is 2.90 bits per heavy atom. The predicted molar refractivity (Wildman–Crippen MR) is 38.9 cm³/mol. The summed E-state index contributed by atoms with van der Waals surface area (Å²) in [6.45, 7) is 0. The Bertz CT molecular complexity index is 212. The van der Waals surface area contributed by atoms with Gasteiger partial charge in [0.1, 0.15) is 0 Å². The minimum absolute atomic E-state index is 0.541. The van der Waals surface area contributed by atoms with E-state index >= 15 is 0 Å². The first-order valence-electron chi connectivity index (χ1n) is 2.69. The van der Waals surface area contributed by atoms with Crippen molar-refractivity contribution >= 4 is 17.6 Å². The quantitative estimate of drug-likeness (QED) is 0.493. The molecule has 1 aromatic rings. The van der Waals surface area contributed by atoms with Crippen molar-refractivity contribution in [3.63, 3.8) is 0 Å². The zero-order valence-corrected chi connectivity index (χ0v) is 5.88. The van der Waals surface area contributed by atoms with Crippen molar-refractivity contribution in [2.24, 2.45) is 5.18 Å². The average molecular weight is 155 g/mol. The summed E-state index contributed by atoms with van der Waals surface area (Å²) in [5.41, 5.74) is 0. The molecule has 0 fully saturated rings. The normalized spacial score (nSPS) is 12.4.